The fourth-order valence-electron chi connectivity index (χ4n) is 2.43. The maximum Gasteiger partial charge on any atom is 0.243 e. The summed E-state index contributed by atoms with van der Waals surface area (Å²) >= 11 is 0.720. The number of thioether (sulfide) groups is 1. The summed E-state index contributed by atoms with van der Waals surface area (Å²) in [4.78, 5) is 35.5. The molecule has 0 aliphatic rings. The number of hydrogen-bond donors (Lipinski definition) is 3. The third kappa shape index (κ3) is 5.29. The lowest BCUT2D eigenvalue weighted by molar-refractivity contribution is -0.127. The molecule has 0 unspecified atom stereocenters. The first-order valence-corrected chi connectivity index (χ1v) is 9.15. The molecule has 0 spiro atoms. The summed E-state index contributed by atoms with van der Waals surface area (Å²) in [6, 6.07) is 6.03. The first kappa shape index (κ1) is 21.4. The molecule has 2 aromatic carbocycles. The summed E-state index contributed by atoms with van der Waals surface area (Å²) in [5.74, 6) is -2.82. The van der Waals surface area contributed by atoms with E-state index in [2.05, 4.69) is 10.6 Å². The van der Waals surface area contributed by atoms with E-state index in [9.17, 15) is 28.3 Å². The van der Waals surface area contributed by atoms with Gasteiger partial charge in [0.05, 0.1) is 5.56 Å². The average molecular weight is 408 g/mol. The number of rotatable bonds is 6. The van der Waals surface area contributed by atoms with Crippen LogP contribution in [0.4, 0.5) is 8.78 Å². The molecule has 6 nitrogen and oxygen atoms in total. The van der Waals surface area contributed by atoms with Crippen molar-refractivity contribution in [2.45, 2.75) is 13.0 Å². The largest absolute Gasteiger partial charge is 0.507 e. The number of phenolic OH excluding ortho intramolecular Hbond substituents is 1. The van der Waals surface area contributed by atoms with Crippen LogP contribution in [0.5, 0.6) is 5.75 Å². The molecule has 0 heterocycles. The molecule has 0 fully saturated rings. The van der Waals surface area contributed by atoms with Crippen LogP contribution in [0, 0.1) is 11.6 Å². The van der Waals surface area contributed by atoms with Gasteiger partial charge in [-0.1, -0.05) is 17.8 Å². The number of halogens is 2. The van der Waals surface area contributed by atoms with Gasteiger partial charge in [0.2, 0.25) is 16.9 Å². The molecule has 1 atom stereocenters. The van der Waals surface area contributed by atoms with Gasteiger partial charge < -0.3 is 15.7 Å². The number of nitrogens with one attached hydrogen (secondary N) is 2. The molecule has 0 saturated carbocycles. The molecule has 9 heteroatoms. The highest BCUT2D eigenvalue weighted by Gasteiger charge is 2.22. The Hall–Kier alpha value is -2.94. The summed E-state index contributed by atoms with van der Waals surface area (Å²) in [7, 11) is 1.40. The van der Waals surface area contributed by atoms with Crippen molar-refractivity contribution in [2.75, 3.05) is 12.8 Å². The van der Waals surface area contributed by atoms with Crippen LogP contribution in [-0.4, -0.2) is 40.9 Å². The molecule has 148 valence electrons. The first-order chi connectivity index (χ1) is 13.2. The van der Waals surface area contributed by atoms with Crippen molar-refractivity contribution in [1.82, 2.24) is 10.6 Å². The van der Waals surface area contributed by atoms with Crippen molar-refractivity contribution in [3.8, 4) is 16.9 Å². The Labute approximate surface area is 164 Å². The summed E-state index contributed by atoms with van der Waals surface area (Å²) < 4.78 is 27.1. The number of benzene rings is 2. The van der Waals surface area contributed by atoms with E-state index in [1.54, 1.807) is 0 Å². The number of likely N-dealkylation sites (N-methyl/N-ethyl adjacent to an activating group) is 1. The number of amides is 2. The molecule has 0 bridgehead atoms. The summed E-state index contributed by atoms with van der Waals surface area (Å²) in [5.41, 5.74) is 0.260. The Kier molecular flexibility index (Phi) is 7.11. The Bertz CT molecular complexity index is 921. The van der Waals surface area contributed by atoms with Gasteiger partial charge in [0.1, 0.15) is 23.4 Å². The van der Waals surface area contributed by atoms with Crippen LogP contribution in [0.1, 0.15) is 17.3 Å². The SMILES string of the molecule is CNC(=O)[C@@H](CSC(=O)c1cc(-c2ccc(F)cc2F)ccc1O)NC(C)=O. The van der Waals surface area contributed by atoms with Gasteiger partial charge in [-0.15, -0.1) is 0 Å². The fourth-order valence-corrected chi connectivity index (χ4v) is 3.30. The zero-order chi connectivity index (χ0) is 20.8. The van der Waals surface area contributed by atoms with Gasteiger partial charge in [-0.3, -0.25) is 14.4 Å². The second-order valence-electron chi connectivity index (χ2n) is 5.82. The number of phenols is 1. The van der Waals surface area contributed by atoms with E-state index in [0.717, 1.165) is 23.9 Å². The van der Waals surface area contributed by atoms with Crippen molar-refractivity contribution in [3.05, 3.63) is 53.6 Å². The van der Waals surface area contributed by atoms with Crippen LogP contribution in [0.3, 0.4) is 0 Å². The molecule has 0 radical (unpaired) electrons. The van der Waals surface area contributed by atoms with Gasteiger partial charge in [-0.2, -0.15) is 0 Å². The van der Waals surface area contributed by atoms with Gasteiger partial charge in [-0.05, 0) is 29.8 Å². The van der Waals surface area contributed by atoms with Gasteiger partial charge >= 0.3 is 0 Å². The predicted octanol–water partition coefficient (Wildman–Crippen LogP) is 2.46. The smallest absolute Gasteiger partial charge is 0.243 e. The van der Waals surface area contributed by atoms with E-state index in [0.29, 0.717) is 0 Å². The zero-order valence-electron chi connectivity index (χ0n) is 15.1. The van der Waals surface area contributed by atoms with Gasteiger partial charge in [0.25, 0.3) is 0 Å². The lowest BCUT2D eigenvalue weighted by atomic mass is 10.0. The Balaban J connectivity index is 2.23. The molecule has 2 rings (SSSR count). The molecule has 3 N–H and O–H groups in total. The first-order valence-electron chi connectivity index (χ1n) is 8.17. The number of carbonyl (C=O) groups excluding carboxylic acids is 3. The number of aromatic hydroxyl groups is 1. The molecular formula is C19H18F2N2O4S. The second kappa shape index (κ2) is 9.32. The third-order valence-electron chi connectivity index (χ3n) is 3.78. The van der Waals surface area contributed by atoms with Gasteiger partial charge in [0, 0.05) is 31.4 Å². The minimum atomic E-state index is -0.934. The predicted molar refractivity (Wildman–Crippen MR) is 102 cm³/mol. The molecule has 0 aliphatic heterocycles. The molecule has 28 heavy (non-hydrogen) atoms. The van der Waals surface area contributed by atoms with Crippen molar-refractivity contribution in [3.63, 3.8) is 0 Å². The van der Waals surface area contributed by atoms with Crippen molar-refractivity contribution >= 4 is 28.7 Å². The monoisotopic (exact) mass is 408 g/mol. The topological polar surface area (TPSA) is 95.5 Å². The van der Waals surface area contributed by atoms with E-state index in [1.165, 1.54) is 38.2 Å². The van der Waals surface area contributed by atoms with E-state index >= 15 is 0 Å². The molecule has 0 aliphatic carbocycles. The van der Waals surface area contributed by atoms with E-state index in [4.69, 9.17) is 0 Å². The van der Waals surface area contributed by atoms with Crippen LogP contribution >= 0.6 is 11.8 Å². The number of carbonyl (C=O) groups is 3. The third-order valence-corrected chi connectivity index (χ3v) is 4.76. The highest BCUT2D eigenvalue weighted by atomic mass is 32.2. The van der Waals surface area contributed by atoms with E-state index in [-0.39, 0.29) is 28.2 Å². The Morgan fingerprint density at radius 1 is 1.14 bits per heavy atom. The maximum atomic E-state index is 14.0. The Morgan fingerprint density at radius 3 is 2.46 bits per heavy atom. The second-order valence-corrected chi connectivity index (χ2v) is 6.81. The Morgan fingerprint density at radius 2 is 1.86 bits per heavy atom. The van der Waals surface area contributed by atoms with Crippen LogP contribution in [-0.2, 0) is 9.59 Å². The molecule has 2 aromatic rings. The lowest BCUT2D eigenvalue weighted by Crippen LogP contribution is -2.46. The van der Waals surface area contributed by atoms with Crippen molar-refractivity contribution in [2.24, 2.45) is 0 Å². The fraction of sp³-hybridized carbons (Fsp3) is 0.211. The van der Waals surface area contributed by atoms with Crippen LogP contribution in [0.25, 0.3) is 11.1 Å². The van der Waals surface area contributed by atoms with Gasteiger partial charge in [-0.25, -0.2) is 8.78 Å². The minimum Gasteiger partial charge on any atom is -0.507 e. The molecular weight excluding hydrogens is 390 g/mol. The van der Waals surface area contributed by atoms with Crippen LogP contribution in [0.15, 0.2) is 36.4 Å². The zero-order valence-corrected chi connectivity index (χ0v) is 15.9. The number of hydrogen-bond acceptors (Lipinski definition) is 5. The van der Waals surface area contributed by atoms with Crippen molar-refractivity contribution in [1.29, 1.82) is 0 Å². The summed E-state index contributed by atoms with van der Waals surface area (Å²) in [5, 5.41) is 14.2. The maximum absolute atomic E-state index is 14.0. The van der Waals surface area contributed by atoms with Crippen LogP contribution in [0.2, 0.25) is 0 Å². The summed E-state index contributed by atoms with van der Waals surface area (Å²) in [6.45, 7) is 1.25. The van der Waals surface area contributed by atoms with Crippen LogP contribution < -0.4 is 10.6 Å². The minimum absolute atomic E-state index is 0.0628. The molecule has 0 saturated heterocycles. The molecule has 0 aromatic heterocycles. The van der Waals surface area contributed by atoms with Crippen molar-refractivity contribution < 1.29 is 28.3 Å². The van der Waals surface area contributed by atoms with E-state index < -0.39 is 34.6 Å². The van der Waals surface area contributed by atoms with E-state index in [1.807, 2.05) is 0 Å². The normalized spacial score (nSPS) is 11.6. The van der Waals surface area contributed by atoms with Gasteiger partial charge in [0.15, 0.2) is 0 Å². The standard InChI is InChI=1S/C19H18F2N2O4S/c1-10(24)23-16(18(26)22-2)9-28-19(27)14-7-11(3-6-17(14)25)13-5-4-12(20)8-15(13)21/h3-8,16,25H,9H2,1-2H3,(H,22,26)(H,23,24)/t16-/m1/s1. The lowest BCUT2D eigenvalue weighted by Gasteiger charge is -2.15. The quantitative estimate of drug-likeness (QED) is 0.683. The highest BCUT2D eigenvalue weighted by Crippen LogP contribution is 2.30. The molecule has 2 amide bonds. The highest BCUT2D eigenvalue weighted by molar-refractivity contribution is 8.14. The summed E-state index contributed by atoms with van der Waals surface area (Å²) in [6.07, 6.45) is 0. The average Bonchev–Trinajstić information content (AvgIpc) is 2.64.